The number of quaternary nitrogens is 1. The third-order valence-corrected chi connectivity index (χ3v) is 13.4. The van der Waals surface area contributed by atoms with E-state index >= 15 is 0 Å². The van der Waals surface area contributed by atoms with Crippen molar-refractivity contribution in [1.82, 2.24) is 5.32 Å². The molecule has 10 heteroatoms. The van der Waals surface area contributed by atoms with Crippen LogP contribution >= 0.6 is 7.82 Å². The maximum absolute atomic E-state index is 13.5. The van der Waals surface area contributed by atoms with Gasteiger partial charge >= 0.3 is 5.97 Å². The summed E-state index contributed by atoms with van der Waals surface area (Å²) in [6, 6.07) is -0.897. The molecule has 1 N–H and O–H groups in total. The molecular weight excluding hydrogens is 880 g/mol. The van der Waals surface area contributed by atoms with Crippen LogP contribution in [0.2, 0.25) is 0 Å². The minimum absolute atomic E-state index is 0.0273. The summed E-state index contributed by atoms with van der Waals surface area (Å²) in [4.78, 5) is 39.8. The Morgan fingerprint density at radius 3 is 1.42 bits per heavy atom. The van der Waals surface area contributed by atoms with Crippen molar-refractivity contribution in [3.8, 4) is 0 Å². The number of carbonyl (C=O) groups is 2. The number of nitrogens with zero attached hydrogens (tertiary/aromatic N) is 1. The average molecular weight is 990 g/mol. The van der Waals surface area contributed by atoms with Gasteiger partial charge in [0.1, 0.15) is 19.3 Å². The smallest absolute Gasteiger partial charge is 0.306 e. The SMILES string of the molecule is CCCCC/C=C\C/C=C\CCCCCCCCCC(=O)NC(COP(=O)([O-])OCC[N+](C)(C)C)C(/C=C/CCCCCCCCCCC)OC(=O)CCCCCCCC/C=C/C=C/CCCCC. The molecule has 0 aromatic rings. The first-order valence-corrected chi connectivity index (χ1v) is 30.1. The second-order valence-electron chi connectivity index (χ2n) is 20.5. The van der Waals surface area contributed by atoms with E-state index in [1.54, 1.807) is 0 Å². The van der Waals surface area contributed by atoms with Crippen LogP contribution in [0.15, 0.2) is 60.8 Å². The van der Waals surface area contributed by atoms with Gasteiger partial charge in [0.2, 0.25) is 5.91 Å². The fourth-order valence-corrected chi connectivity index (χ4v) is 8.68. The van der Waals surface area contributed by atoms with Crippen LogP contribution < -0.4 is 10.2 Å². The Morgan fingerprint density at radius 2 is 0.928 bits per heavy atom. The molecule has 0 heterocycles. The van der Waals surface area contributed by atoms with E-state index < -0.39 is 26.6 Å². The molecule has 0 saturated carbocycles. The largest absolute Gasteiger partial charge is 0.756 e. The molecule has 9 nitrogen and oxygen atoms in total. The predicted molar refractivity (Wildman–Crippen MR) is 293 cm³/mol. The zero-order valence-corrected chi connectivity index (χ0v) is 46.7. The first-order valence-electron chi connectivity index (χ1n) is 28.6. The summed E-state index contributed by atoms with van der Waals surface area (Å²) in [7, 11) is 1.17. The highest BCUT2D eigenvalue weighted by atomic mass is 31.2. The van der Waals surface area contributed by atoms with Crippen molar-refractivity contribution in [2.45, 2.75) is 264 Å². The number of rotatable bonds is 51. The van der Waals surface area contributed by atoms with Gasteiger partial charge in [0, 0.05) is 12.8 Å². The number of esters is 1. The molecule has 0 rings (SSSR count). The van der Waals surface area contributed by atoms with Crippen LogP contribution in [0.3, 0.4) is 0 Å². The van der Waals surface area contributed by atoms with Crippen LogP contribution in [0.25, 0.3) is 0 Å². The molecule has 0 aromatic heterocycles. The van der Waals surface area contributed by atoms with E-state index in [0.29, 0.717) is 23.9 Å². The number of phosphoric ester groups is 1. The molecule has 0 bridgehead atoms. The Labute approximate surface area is 426 Å². The fraction of sp³-hybridized carbons (Fsp3) is 0.797. The minimum atomic E-state index is -4.70. The summed E-state index contributed by atoms with van der Waals surface area (Å²) >= 11 is 0. The van der Waals surface area contributed by atoms with E-state index in [-0.39, 0.29) is 24.9 Å². The number of nitrogens with one attached hydrogen (secondary N) is 1. The quantitative estimate of drug-likeness (QED) is 0.0161. The van der Waals surface area contributed by atoms with Gasteiger partial charge in [-0.1, -0.05) is 210 Å². The number of ether oxygens (including phenoxy) is 1. The number of allylic oxidation sites excluding steroid dienone is 9. The number of hydrogen-bond donors (Lipinski definition) is 1. The zero-order valence-electron chi connectivity index (χ0n) is 45.8. The van der Waals surface area contributed by atoms with Gasteiger partial charge in [-0.3, -0.25) is 14.2 Å². The summed E-state index contributed by atoms with van der Waals surface area (Å²) in [6.45, 7) is 6.76. The molecule has 3 atom stereocenters. The molecule has 1 amide bonds. The second-order valence-corrected chi connectivity index (χ2v) is 21.9. The van der Waals surface area contributed by atoms with Crippen LogP contribution in [0.5, 0.6) is 0 Å². The number of phosphoric acid groups is 1. The van der Waals surface area contributed by atoms with Gasteiger partial charge < -0.3 is 28.5 Å². The summed E-state index contributed by atoms with van der Waals surface area (Å²) in [6.07, 6.45) is 60.3. The number of amides is 1. The molecule has 0 fully saturated rings. The highest BCUT2D eigenvalue weighted by Crippen LogP contribution is 2.38. The van der Waals surface area contributed by atoms with Gasteiger partial charge in [0.05, 0.1) is 33.8 Å². The maximum atomic E-state index is 13.5. The standard InChI is InChI=1S/C59H109N2O7P/c1-7-10-13-16-19-22-25-27-29-30-32-33-36-39-42-45-48-51-58(62)60-56(55-67-69(64,65)66-54-53-61(4,5)6)57(50-47-44-41-38-35-24-21-18-15-12-9-3)68-59(63)52-49-46-43-40-37-34-31-28-26-23-20-17-14-11-8-2/h19-20,22-23,26-29,47,50,56-57H,7-18,21,24-25,30-46,48-49,51-55H2,1-6H3,(H-,60,62,64,65)/b22-19-,23-20+,28-26+,29-27-,50-47+. The molecule has 402 valence electrons. The van der Waals surface area contributed by atoms with Crippen LogP contribution in [0.1, 0.15) is 252 Å². The van der Waals surface area contributed by atoms with E-state index in [0.717, 1.165) is 96.3 Å². The molecule has 0 aromatic carbocycles. The average Bonchev–Trinajstić information content (AvgIpc) is 3.31. The third kappa shape index (κ3) is 50.4. The first-order chi connectivity index (χ1) is 33.4. The van der Waals surface area contributed by atoms with Crippen molar-refractivity contribution in [2.75, 3.05) is 40.9 Å². The summed E-state index contributed by atoms with van der Waals surface area (Å²) in [5, 5.41) is 3.01. The van der Waals surface area contributed by atoms with Crippen molar-refractivity contribution in [3.05, 3.63) is 60.8 Å². The molecular formula is C59H109N2O7P. The second kappa shape index (κ2) is 49.3. The Balaban J connectivity index is 5.35. The van der Waals surface area contributed by atoms with Gasteiger partial charge in [-0.25, -0.2) is 0 Å². The number of likely N-dealkylation sites (N-methyl/N-ethyl adjacent to an activating group) is 1. The third-order valence-electron chi connectivity index (χ3n) is 12.4. The van der Waals surface area contributed by atoms with Crippen molar-refractivity contribution >= 4 is 19.7 Å². The van der Waals surface area contributed by atoms with E-state index in [1.807, 2.05) is 33.3 Å². The number of unbranched alkanes of at least 4 members (excludes halogenated alkanes) is 28. The van der Waals surface area contributed by atoms with Crippen molar-refractivity contribution in [2.24, 2.45) is 0 Å². The maximum Gasteiger partial charge on any atom is 0.306 e. The molecule has 69 heavy (non-hydrogen) atoms. The highest BCUT2D eigenvalue weighted by molar-refractivity contribution is 7.45. The van der Waals surface area contributed by atoms with Crippen molar-refractivity contribution in [1.29, 1.82) is 0 Å². The van der Waals surface area contributed by atoms with Crippen LogP contribution in [0.4, 0.5) is 0 Å². The molecule has 0 spiro atoms. The number of carbonyl (C=O) groups excluding carboxylic acids is 2. The number of hydrogen-bond acceptors (Lipinski definition) is 7. The summed E-state index contributed by atoms with van der Waals surface area (Å²) in [5.41, 5.74) is 0. The normalized spacial score (nSPS) is 14.2. The van der Waals surface area contributed by atoms with E-state index in [9.17, 15) is 19.0 Å². The van der Waals surface area contributed by atoms with Gasteiger partial charge in [0.25, 0.3) is 7.82 Å². The van der Waals surface area contributed by atoms with E-state index in [1.165, 1.54) is 116 Å². The van der Waals surface area contributed by atoms with Crippen LogP contribution in [0, 0.1) is 0 Å². The van der Waals surface area contributed by atoms with Crippen LogP contribution in [-0.4, -0.2) is 69.4 Å². The Bertz CT molecular complexity index is 1370. The molecule has 3 unspecified atom stereocenters. The molecule has 0 aliphatic heterocycles. The lowest BCUT2D eigenvalue weighted by atomic mass is 10.1. The monoisotopic (exact) mass is 989 g/mol. The molecule has 0 aliphatic carbocycles. The van der Waals surface area contributed by atoms with Crippen LogP contribution in [-0.2, 0) is 27.9 Å². The topological polar surface area (TPSA) is 114 Å². The fourth-order valence-electron chi connectivity index (χ4n) is 7.95. The lowest BCUT2D eigenvalue weighted by molar-refractivity contribution is -0.870. The summed E-state index contributed by atoms with van der Waals surface area (Å²) < 4.78 is 30.2. The predicted octanol–water partition coefficient (Wildman–Crippen LogP) is 16.5. The minimum Gasteiger partial charge on any atom is -0.756 e. The first kappa shape index (κ1) is 66.7. The molecule has 0 aliphatic rings. The van der Waals surface area contributed by atoms with Crippen molar-refractivity contribution < 1.29 is 37.3 Å². The van der Waals surface area contributed by atoms with Gasteiger partial charge in [-0.2, -0.15) is 0 Å². The Hall–Kier alpha value is -2.29. The Kier molecular flexibility index (Phi) is 47.7. The van der Waals surface area contributed by atoms with Crippen molar-refractivity contribution in [3.63, 3.8) is 0 Å². The molecule has 0 saturated heterocycles. The van der Waals surface area contributed by atoms with E-state index in [2.05, 4.69) is 74.7 Å². The molecule has 0 radical (unpaired) electrons. The lowest BCUT2D eigenvalue weighted by Gasteiger charge is -2.30. The highest BCUT2D eigenvalue weighted by Gasteiger charge is 2.27. The van der Waals surface area contributed by atoms with Gasteiger partial charge in [0.15, 0.2) is 0 Å². The zero-order chi connectivity index (χ0) is 50.8. The lowest BCUT2D eigenvalue weighted by Crippen LogP contribution is -2.47. The van der Waals surface area contributed by atoms with Gasteiger partial charge in [-0.15, -0.1) is 0 Å². The summed E-state index contributed by atoms with van der Waals surface area (Å²) in [5.74, 6) is -0.564. The Morgan fingerprint density at radius 1 is 0.522 bits per heavy atom. The van der Waals surface area contributed by atoms with Gasteiger partial charge in [-0.05, 0) is 89.5 Å². The van der Waals surface area contributed by atoms with E-state index in [4.69, 9.17) is 13.8 Å².